The minimum atomic E-state index is -0.523. The predicted octanol–water partition coefficient (Wildman–Crippen LogP) is 3.88. The van der Waals surface area contributed by atoms with E-state index >= 15 is 0 Å². The fraction of sp³-hybridized carbons (Fsp3) is 0.562. The van der Waals surface area contributed by atoms with Crippen molar-refractivity contribution in [3.8, 4) is 0 Å². The first-order valence-corrected chi connectivity index (χ1v) is 6.47. The van der Waals surface area contributed by atoms with Crippen LogP contribution >= 0.6 is 0 Å². The van der Waals surface area contributed by atoms with Gasteiger partial charge in [-0.2, -0.15) is 0 Å². The quantitative estimate of drug-likeness (QED) is 0.824. The van der Waals surface area contributed by atoms with Crippen LogP contribution in [0.5, 0.6) is 0 Å². The van der Waals surface area contributed by atoms with Crippen molar-refractivity contribution in [2.45, 2.75) is 53.1 Å². The zero-order valence-electron chi connectivity index (χ0n) is 12.2. The fourth-order valence-corrected chi connectivity index (χ4v) is 1.84. The van der Waals surface area contributed by atoms with E-state index in [1.807, 2.05) is 32.0 Å². The van der Waals surface area contributed by atoms with E-state index in [-0.39, 0.29) is 17.1 Å². The molecule has 0 fully saturated rings. The lowest BCUT2D eigenvalue weighted by atomic mass is 9.83. The fourth-order valence-electron chi connectivity index (χ4n) is 1.84. The molecular weight excluding hydrogens is 224 g/mol. The third-order valence-electron chi connectivity index (χ3n) is 3.20. The van der Waals surface area contributed by atoms with Crippen LogP contribution in [0.25, 0.3) is 0 Å². The van der Waals surface area contributed by atoms with Gasteiger partial charge in [-0.15, -0.1) is 0 Å². The lowest BCUT2D eigenvalue weighted by Gasteiger charge is -2.23. The molecule has 0 radical (unpaired) electrons. The number of hydrogen-bond donors (Lipinski definition) is 1. The number of aliphatic hydroxyl groups is 1. The molecular formula is C16H24O2. The number of carbonyl (C=O) groups is 1. The van der Waals surface area contributed by atoms with Gasteiger partial charge in [0.25, 0.3) is 0 Å². The number of rotatable bonds is 3. The summed E-state index contributed by atoms with van der Waals surface area (Å²) in [6.45, 7) is 11.8. The topological polar surface area (TPSA) is 37.3 Å². The Hall–Kier alpha value is -1.15. The summed E-state index contributed by atoms with van der Waals surface area (Å²) in [4.78, 5) is 11.6. The molecule has 18 heavy (non-hydrogen) atoms. The van der Waals surface area contributed by atoms with E-state index in [9.17, 15) is 9.90 Å². The molecule has 1 aromatic carbocycles. The smallest absolute Gasteiger partial charge is 0.159 e. The Labute approximate surface area is 110 Å². The van der Waals surface area contributed by atoms with Gasteiger partial charge >= 0.3 is 0 Å². The number of carbonyl (C=O) groups excluding carboxylic acids is 1. The lowest BCUT2D eigenvalue weighted by Crippen LogP contribution is -2.15. The first-order valence-electron chi connectivity index (χ1n) is 6.47. The molecule has 0 aliphatic rings. The Morgan fingerprint density at radius 2 is 1.72 bits per heavy atom. The van der Waals surface area contributed by atoms with Crippen molar-refractivity contribution in [1.82, 2.24) is 0 Å². The van der Waals surface area contributed by atoms with Gasteiger partial charge in [-0.05, 0) is 41.5 Å². The highest BCUT2D eigenvalue weighted by Crippen LogP contribution is 2.29. The number of aliphatic hydroxyl groups excluding tert-OH is 1. The van der Waals surface area contributed by atoms with E-state index < -0.39 is 6.10 Å². The second-order valence-corrected chi connectivity index (χ2v) is 6.34. The molecule has 0 saturated heterocycles. The van der Waals surface area contributed by atoms with Gasteiger partial charge in [-0.25, -0.2) is 0 Å². The van der Waals surface area contributed by atoms with E-state index in [4.69, 9.17) is 0 Å². The Balaban J connectivity index is 3.36. The molecule has 2 nitrogen and oxygen atoms in total. The molecule has 1 unspecified atom stereocenters. The molecule has 0 amide bonds. The summed E-state index contributed by atoms with van der Waals surface area (Å²) < 4.78 is 0. The van der Waals surface area contributed by atoms with Gasteiger partial charge < -0.3 is 5.11 Å². The van der Waals surface area contributed by atoms with Gasteiger partial charge in [0, 0.05) is 5.56 Å². The zero-order chi connectivity index (χ0) is 14.1. The highest BCUT2D eigenvalue weighted by atomic mass is 16.3. The molecule has 0 aromatic heterocycles. The zero-order valence-corrected chi connectivity index (χ0v) is 12.2. The minimum Gasteiger partial charge on any atom is -0.388 e. The third-order valence-corrected chi connectivity index (χ3v) is 3.20. The molecule has 0 bridgehead atoms. The van der Waals surface area contributed by atoms with E-state index in [1.165, 1.54) is 0 Å². The SMILES string of the molecule is CC(=O)c1cc(C(O)C(C)C)cc(C(C)(C)C)c1. The summed E-state index contributed by atoms with van der Waals surface area (Å²) in [6.07, 6.45) is -0.523. The van der Waals surface area contributed by atoms with Crippen molar-refractivity contribution in [1.29, 1.82) is 0 Å². The number of benzene rings is 1. The Kier molecular flexibility index (Phi) is 4.33. The van der Waals surface area contributed by atoms with Crippen LogP contribution < -0.4 is 0 Å². The highest BCUT2D eigenvalue weighted by molar-refractivity contribution is 5.94. The predicted molar refractivity (Wildman–Crippen MR) is 74.9 cm³/mol. The molecule has 1 aromatic rings. The maximum Gasteiger partial charge on any atom is 0.159 e. The van der Waals surface area contributed by atoms with Crippen LogP contribution in [0.15, 0.2) is 18.2 Å². The molecule has 0 aliphatic heterocycles. The summed E-state index contributed by atoms with van der Waals surface area (Å²) in [6, 6.07) is 5.75. The van der Waals surface area contributed by atoms with Gasteiger partial charge in [0.2, 0.25) is 0 Å². The lowest BCUT2D eigenvalue weighted by molar-refractivity contribution is 0.101. The van der Waals surface area contributed by atoms with Crippen molar-refractivity contribution in [3.05, 3.63) is 34.9 Å². The van der Waals surface area contributed by atoms with Crippen LogP contribution in [-0.2, 0) is 5.41 Å². The van der Waals surface area contributed by atoms with Crippen LogP contribution in [0, 0.1) is 5.92 Å². The Morgan fingerprint density at radius 3 is 2.11 bits per heavy atom. The van der Waals surface area contributed by atoms with Gasteiger partial charge in [-0.3, -0.25) is 4.79 Å². The van der Waals surface area contributed by atoms with E-state index in [0.717, 1.165) is 11.1 Å². The van der Waals surface area contributed by atoms with Gasteiger partial charge in [-0.1, -0.05) is 40.7 Å². The van der Waals surface area contributed by atoms with Crippen molar-refractivity contribution < 1.29 is 9.90 Å². The minimum absolute atomic E-state index is 0.0308. The largest absolute Gasteiger partial charge is 0.388 e. The number of Topliss-reactive ketones (excluding diaryl/α,β-unsaturated/α-hetero) is 1. The van der Waals surface area contributed by atoms with Gasteiger partial charge in [0.05, 0.1) is 6.10 Å². The third kappa shape index (κ3) is 3.42. The second kappa shape index (κ2) is 5.23. The summed E-state index contributed by atoms with van der Waals surface area (Å²) >= 11 is 0. The second-order valence-electron chi connectivity index (χ2n) is 6.34. The van der Waals surface area contributed by atoms with Crippen LogP contribution in [-0.4, -0.2) is 10.9 Å². The molecule has 1 atom stereocenters. The summed E-state index contributed by atoms with van der Waals surface area (Å²) in [5.41, 5.74) is 2.57. The number of hydrogen-bond acceptors (Lipinski definition) is 2. The molecule has 0 saturated carbocycles. The van der Waals surface area contributed by atoms with Crippen molar-refractivity contribution >= 4 is 5.78 Å². The average molecular weight is 248 g/mol. The molecule has 2 heteroatoms. The summed E-state index contributed by atoms with van der Waals surface area (Å²) in [7, 11) is 0. The monoisotopic (exact) mass is 248 g/mol. The average Bonchev–Trinajstić information content (AvgIpc) is 2.26. The normalized spacial score (nSPS) is 13.8. The molecule has 1 N–H and O–H groups in total. The summed E-state index contributed by atoms with van der Waals surface area (Å²) in [5, 5.41) is 10.2. The maximum absolute atomic E-state index is 11.6. The summed E-state index contributed by atoms with van der Waals surface area (Å²) in [5.74, 6) is 0.179. The molecule has 0 aliphatic carbocycles. The molecule has 0 heterocycles. The molecule has 100 valence electrons. The Bertz CT molecular complexity index is 439. The molecule has 0 spiro atoms. The van der Waals surface area contributed by atoms with Crippen LogP contribution in [0.2, 0.25) is 0 Å². The van der Waals surface area contributed by atoms with Crippen LogP contribution in [0.3, 0.4) is 0 Å². The van der Waals surface area contributed by atoms with E-state index in [2.05, 4.69) is 20.8 Å². The number of ketones is 1. The standard InChI is InChI=1S/C16H24O2/c1-10(2)15(18)13-7-12(11(3)17)8-14(9-13)16(4,5)6/h7-10,15,18H,1-6H3. The first-order chi connectivity index (χ1) is 8.12. The van der Waals surface area contributed by atoms with Gasteiger partial charge in [0.15, 0.2) is 5.78 Å². The first kappa shape index (κ1) is 14.9. The van der Waals surface area contributed by atoms with E-state index in [0.29, 0.717) is 5.56 Å². The van der Waals surface area contributed by atoms with Crippen molar-refractivity contribution in [3.63, 3.8) is 0 Å². The van der Waals surface area contributed by atoms with Crippen molar-refractivity contribution in [2.75, 3.05) is 0 Å². The van der Waals surface area contributed by atoms with Crippen LogP contribution in [0.4, 0.5) is 0 Å². The Morgan fingerprint density at radius 1 is 1.17 bits per heavy atom. The van der Waals surface area contributed by atoms with E-state index in [1.54, 1.807) is 6.92 Å². The highest BCUT2D eigenvalue weighted by Gasteiger charge is 2.20. The maximum atomic E-state index is 11.6. The van der Waals surface area contributed by atoms with Crippen LogP contribution in [0.1, 0.15) is 69.1 Å². The van der Waals surface area contributed by atoms with Gasteiger partial charge in [0.1, 0.15) is 0 Å². The molecule has 1 rings (SSSR count). The van der Waals surface area contributed by atoms with Crippen molar-refractivity contribution in [2.24, 2.45) is 5.92 Å².